The van der Waals surface area contributed by atoms with E-state index in [0.29, 0.717) is 6.42 Å². The molecule has 5 heteroatoms. The van der Waals surface area contributed by atoms with Crippen molar-refractivity contribution in [2.75, 3.05) is 0 Å². The lowest BCUT2D eigenvalue weighted by Gasteiger charge is -2.19. The molecule has 0 fully saturated rings. The van der Waals surface area contributed by atoms with E-state index in [-0.39, 0.29) is 6.04 Å². The van der Waals surface area contributed by atoms with Gasteiger partial charge in [0.2, 0.25) is 0 Å². The largest absolute Gasteiger partial charge is 0.480 e. The summed E-state index contributed by atoms with van der Waals surface area (Å²) in [4.78, 5) is 22.6. The van der Waals surface area contributed by atoms with Crippen molar-refractivity contribution in [3.8, 4) is 0 Å². The number of benzene rings is 1. The summed E-state index contributed by atoms with van der Waals surface area (Å²) in [5, 5.41) is 14.1. The Balaban J connectivity index is 2.61. The second-order valence-corrected chi connectivity index (χ2v) is 4.29. The molecule has 5 nitrogen and oxygen atoms in total. The zero-order valence-electron chi connectivity index (χ0n) is 11.2. The summed E-state index contributed by atoms with van der Waals surface area (Å²) < 4.78 is 0. The van der Waals surface area contributed by atoms with Crippen LogP contribution in [0.1, 0.15) is 38.3 Å². The van der Waals surface area contributed by atoms with Crippen molar-refractivity contribution < 1.29 is 14.7 Å². The van der Waals surface area contributed by atoms with Crippen LogP contribution in [0.5, 0.6) is 0 Å². The predicted molar refractivity (Wildman–Crippen MR) is 72.9 cm³/mol. The van der Waals surface area contributed by atoms with Crippen LogP contribution >= 0.6 is 0 Å². The van der Waals surface area contributed by atoms with Gasteiger partial charge in [0.1, 0.15) is 6.04 Å². The van der Waals surface area contributed by atoms with Crippen molar-refractivity contribution in [2.24, 2.45) is 0 Å². The van der Waals surface area contributed by atoms with Gasteiger partial charge in [-0.2, -0.15) is 0 Å². The Hall–Kier alpha value is -2.04. The van der Waals surface area contributed by atoms with Crippen LogP contribution in [0.3, 0.4) is 0 Å². The lowest BCUT2D eigenvalue weighted by Crippen LogP contribution is -2.46. The van der Waals surface area contributed by atoms with Crippen LogP contribution < -0.4 is 10.6 Å². The van der Waals surface area contributed by atoms with Crippen molar-refractivity contribution in [1.29, 1.82) is 0 Å². The molecule has 0 heterocycles. The van der Waals surface area contributed by atoms with E-state index in [2.05, 4.69) is 10.6 Å². The number of rotatable bonds is 6. The third kappa shape index (κ3) is 4.62. The highest BCUT2D eigenvalue weighted by Crippen LogP contribution is 2.15. The van der Waals surface area contributed by atoms with E-state index >= 15 is 0 Å². The average Bonchev–Trinajstić information content (AvgIpc) is 2.42. The van der Waals surface area contributed by atoms with Crippen LogP contribution in [0.2, 0.25) is 0 Å². The smallest absolute Gasteiger partial charge is 0.326 e. The third-order valence-corrected chi connectivity index (χ3v) is 2.93. The maximum Gasteiger partial charge on any atom is 0.326 e. The monoisotopic (exact) mass is 264 g/mol. The number of hydrogen-bond donors (Lipinski definition) is 3. The first-order valence-electron chi connectivity index (χ1n) is 6.43. The Kier molecular flexibility index (Phi) is 5.85. The van der Waals surface area contributed by atoms with Gasteiger partial charge in [-0.05, 0) is 18.4 Å². The summed E-state index contributed by atoms with van der Waals surface area (Å²) in [5.74, 6) is -1.02. The van der Waals surface area contributed by atoms with E-state index < -0.39 is 18.0 Å². The molecule has 0 bridgehead atoms. The predicted octanol–water partition coefficient (Wildman–Crippen LogP) is 2.30. The number of amides is 2. The summed E-state index contributed by atoms with van der Waals surface area (Å²) in [7, 11) is 0. The van der Waals surface area contributed by atoms with Gasteiger partial charge in [-0.1, -0.05) is 44.2 Å². The van der Waals surface area contributed by atoms with Gasteiger partial charge in [-0.15, -0.1) is 0 Å². The van der Waals surface area contributed by atoms with Gasteiger partial charge < -0.3 is 15.7 Å². The van der Waals surface area contributed by atoms with Crippen LogP contribution in [-0.2, 0) is 4.79 Å². The molecule has 1 aromatic rings. The summed E-state index contributed by atoms with van der Waals surface area (Å²) >= 11 is 0. The van der Waals surface area contributed by atoms with E-state index in [1.807, 2.05) is 37.3 Å². The first-order chi connectivity index (χ1) is 9.08. The summed E-state index contributed by atoms with van der Waals surface area (Å²) in [6.45, 7) is 3.68. The second kappa shape index (κ2) is 7.41. The normalized spacial score (nSPS) is 13.4. The number of carboxylic acids is 1. The molecule has 0 spiro atoms. The van der Waals surface area contributed by atoms with Crippen molar-refractivity contribution >= 4 is 12.0 Å². The standard InChI is InChI=1S/C14H20N2O3/c1-3-11(10-8-6-5-7-9-10)15-14(19)16-12(4-2)13(17)18/h5-9,11-12H,3-4H2,1-2H3,(H,17,18)(H2,15,16,19)/t11?,12-/m0/s1. The summed E-state index contributed by atoms with van der Waals surface area (Å²) in [6, 6.07) is 8.17. The maximum atomic E-state index is 11.8. The van der Waals surface area contributed by atoms with E-state index in [1.165, 1.54) is 0 Å². The zero-order chi connectivity index (χ0) is 14.3. The lowest BCUT2D eigenvalue weighted by atomic mass is 10.1. The minimum Gasteiger partial charge on any atom is -0.480 e. The van der Waals surface area contributed by atoms with Gasteiger partial charge in [-0.3, -0.25) is 0 Å². The molecule has 0 aliphatic heterocycles. The molecule has 19 heavy (non-hydrogen) atoms. The molecule has 2 amide bonds. The average molecular weight is 264 g/mol. The van der Waals surface area contributed by atoms with Crippen molar-refractivity contribution in [3.63, 3.8) is 0 Å². The molecule has 0 radical (unpaired) electrons. The van der Waals surface area contributed by atoms with Gasteiger partial charge in [0.25, 0.3) is 0 Å². The molecular formula is C14H20N2O3. The number of carbonyl (C=O) groups is 2. The molecule has 3 N–H and O–H groups in total. The molecule has 1 rings (SSSR count). The highest BCUT2D eigenvalue weighted by atomic mass is 16.4. The Labute approximate surface area is 113 Å². The van der Waals surface area contributed by atoms with Gasteiger partial charge in [0.05, 0.1) is 6.04 Å². The molecule has 1 aromatic carbocycles. The highest BCUT2D eigenvalue weighted by Gasteiger charge is 2.19. The minimum atomic E-state index is -1.02. The zero-order valence-corrected chi connectivity index (χ0v) is 11.2. The number of hydrogen-bond acceptors (Lipinski definition) is 2. The number of urea groups is 1. The molecule has 0 aliphatic carbocycles. The SMILES string of the molecule is CCC(NC(=O)N[C@@H](CC)C(=O)O)c1ccccc1. The maximum absolute atomic E-state index is 11.8. The number of carbonyl (C=O) groups excluding carboxylic acids is 1. The molecule has 104 valence electrons. The van der Waals surface area contributed by atoms with E-state index in [1.54, 1.807) is 6.92 Å². The Morgan fingerprint density at radius 3 is 2.21 bits per heavy atom. The molecule has 0 aliphatic rings. The third-order valence-electron chi connectivity index (χ3n) is 2.93. The fraction of sp³-hybridized carbons (Fsp3) is 0.429. The first-order valence-corrected chi connectivity index (χ1v) is 6.43. The van der Waals surface area contributed by atoms with Crippen molar-refractivity contribution in [3.05, 3.63) is 35.9 Å². The fourth-order valence-corrected chi connectivity index (χ4v) is 1.80. The Morgan fingerprint density at radius 2 is 1.74 bits per heavy atom. The summed E-state index contributed by atoms with van der Waals surface area (Å²) in [5.41, 5.74) is 1.00. The lowest BCUT2D eigenvalue weighted by molar-refractivity contribution is -0.139. The van der Waals surface area contributed by atoms with E-state index in [0.717, 1.165) is 12.0 Å². The molecule has 2 atom stereocenters. The van der Waals surface area contributed by atoms with Gasteiger partial charge in [-0.25, -0.2) is 9.59 Å². The highest BCUT2D eigenvalue weighted by molar-refractivity contribution is 5.82. The Bertz CT molecular complexity index is 420. The van der Waals surface area contributed by atoms with Gasteiger partial charge in [0, 0.05) is 0 Å². The minimum absolute atomic E-state index is 0.118. The van der Waals surface area contributed by atoms with Crippen LogP contribution in [0.15, 0.2) is 30.3 Å². The van der Waals surface area contributed by atoms with Gasteiger partial charge >= 0.3 is 12.0 Å². The van der Waals surface area contributed by atoms with Crippen molar-refractivity contribution in [1.82, 2.24) is 10.6 Å². The van der Waals surface area contributed by atoms with Gasteiger partial charge in [0.15, 0.2) is 0 Å². The molecule has 0 saturated carbocycles. The van der Waals surface area contributed by atoms with Crippen LogP contribution in [0, 0.1) is 0 Å². The number of aliphatic carboxylic acids is 1. The second-order valence-electron chi connectivity index (χ2n) is 4.29. The molecular weight excluding hydrogens is 244 g/mol. The number of carboxylic acid groups (broad SMARTS) is 1. The summed E-state index contributed by atoms with van der Waals surface area (Å²) in [6.07, 6.45) is 1.09. The van der Waals surface area contributed by atoms with Crippen LogP contribution in [0.25, 0.3) is 0 Å². The fourth-order valence-electron chi connectivity index (χ4n) is 1.80. The molecule has 0 saturated heterocycles. The first kappa shape index (κ1) is 15.0. The van der Waals surface area contributed by atoms with Crippen molar-refractivity contribution in [2.45, 2.75) is 38.8 Å². The quantitative estimate of drug-likeness (QED) is 0.737. The van der Waals surface area contributed by atoms with E-state index in [9.17, 15) is 9.59 Å². The van der Waals surface area contributed by atoms with E-state index in [4.69, 9.17) is 5.11 Å². The van der Waals surface area contributed by atoms with Crippen LogP contribution in [-0.4, -0.2) is 23.1 Å². The molecule has 1 unspecified atom stereocenters. The molecule has 0 aromatic heterocycles. The van der Waals surface area contributed by atoms with Crippen LogP contribution in [0.4, 0.5) is 4.79 Å². The number of nitrogens with one attached hydrogen (secondary N) is 2. The topological polar surface area (TPSA) is 78.4 Å². The Morgan fingerprint density at radius 1 is 1.11 bits per heavy atom.